The Bertz CT molecular complexity index is 948. The van der Waals surface area contributed by atoms with Gasteiger partial charge in [0, 0.05) is 23.9 Å². The van der Waals surface area contributed by atoms with Crippen LogP contribution in [0.15, 0.2) is 12.3 Å². The summed E-state index contributed by atoms with van der Waals surface area (Å²) in [5, 5.41) is 2.76. The number of rotatable bonds is 4. The van der Waals surface area contributed by atoms with Crippen molar-refractivity contribution in [1.29, 1.82) is 0 Å². The van der Waals surface area contributed by atoms with Crippen LogP contribution in [-0.2, 0) is 9.53 Å². The molecular weight excluding hydrogens is 396 g/mol. The summed E-state index contributed by atoms with van der Waals surface area (Å²) >= 11 is 0. The van der Waals surface area contributed by atoms with Gasteiger partial charge in [-0.1, -0.05) is 0 Å². The van der Waals surface area contributed by atoms with Gasteiger partial charge in [0.15, 0.2) is 5.82 Å². The van der Waals surface area contributed by atoms with Crippen molar-refractivity contribution in [1.82, 2.24) is 25.3 Å². The molecule has 2 aliphatic rings. The highest BCUT2D eigenvalue weighted by Gasteiger charge is 2.33. The average Bonchev–Trinajstić information content (AvgIpc) is 3.13. The first-order valence-corrected chi connectivity index (χ1v) is 9.79. The second-order valence-electron chi connectivity index (χ2n) is 7.59. The second kappa shape index (κ2) is 8.05. The Balaban J connectivity index is 1.87. The molecule has 11 heteroatoms. The van der Waals surface area contributed by atoms with Crippen LogP contribution in [0.3, 0.4) is 0 Å². The molecule has 2 aromatic heterocycles. The zero-order valence-electron chi connectivity index (χ0n) is 16.7. The van der Waals surface area contributed by atoms with E-state index >= 15 is 0 Å². The number of nitrogens with zero attached hydrogens (tertiary/aromatic N) is 5. The Morgan fingerprint density at radius 3 is 2.60 bits per heavy atom. The van der Waals surface area contributed by atoms with E-state index in [-0.39, 0.29) is 46.6 Å². The van der Waals surface area contributed by atoms with Crippen LogP contribution in [0.2, 0.25) is 0 Å². The van der Waals surface area contributed by atoms with Crippen molar-refractivity contribution in [2.75, 3.05) is 30.4 Å². The normalized spacial score (nSPS) is 24.4. The molecular formula is C19H23F2N7O2. The fourth-order valence-electron chi connectivity index (χ4n) is 3.87. The van der Waals surface area contributed by atoms with Crippen LogP contribution in [-0.4, -0.2) is 57.7 Å². The van der Waals surface area contributed by atoms with Gasteiger partial charge >= 0.3 is 0 Å². The zero-order chi connectivity index (χ0) is 21.4. The molecule has 2 aromatic rings. The Morgan fingerprint density at radius 1 is 1.23 bits per heavy atom. The molecule has 0 aromatic carbocycles. The summed E-state index contributed by atoms with van der Waals surface area (Å²) < 4.78 is 33.0. The van der Waals surface area contributed by atoms with E-state index in [9.17, 15) is 13.6 Å². The zero-order valence-corrected chi connectivity index (χ0v) is 16.7. The molecule has 0 aliphatic carbocycles. The van der Waals surface area contributed by atoms with Gasteiger partial charge in [-0.3, -0.25) is 4.79 Å². The molecule has 1 unspecified atom stereocenters. The number of hydrogen-bond donors (Lipinski definition) is 2. The minimum Gasteiger partial charge on any atom is -0.384 e. The highest BCUT2D eigenvalue weighted by molar-refractivity contribution is 5.84. The van der Waals surface area contributed by atoms with Crippen LogP contribution >= 0.6 is 0 Å². The molecule has 2 aliphatic heterocycles. The molecule has 30 heavy (non-hydrogen) atoms. The van der Waals surface area contributed by atoms with Crippen LogP contribution in [0, 0.1) is 0 Å². The van der Waals surface area contributed by atoms with Gasteiger partial charge in [0.25, 0.3) is 6.43 Å². The van der Waals surface area contributed by atoms with Crippen LogP contribution in [0.25, 0.3) is 11.4 Å². The molecule has 3 atom stereocenters. The van der Waals surface area contributed by atoms with Gasteiger partial charge < -0.3 is 20.7 Å². The Morgan fingerprint density at radius 2 is 1.97 bits per heavy atom. The summed E-state index contributed by atoms with van der Waals surface area (Å²) in [4.78, 5) is 31.6. The number of carbonyl (C=O) groups excluding carboxylic acids is 1. The van der Waals surface area contributed by atoms with Gasteiger partial charge in [-0.2, -0.15) is 9.97 Å². The van der Waals surface area contributed by atoms with E-state index in [2.05, 4.69) is 25.3 Å². The summed E-state index contributed by atoms with van der Waals surface area (Å²) in [6.45, 7) is 5.41. The predicted molar refractivity (Wildman–Crippen MR) is 105 cm³/mol. The fraction of sp³-hybridized carbons (Fsp3) is 0.526. The lowest BCUT2D eigenvalue weighted by molar-refractivity contribution is -0.120. The largest absolute Gasteiger partial charge is 0.384 e. The third kappa shape index (κ3) is 3.76. The highest BCUT2D eigenvalue weighted by atomic mass is 19.3. The van der Waals surface area contributed by atoms with Gasteiger partial charge in [0.2, 0.25) is 11.9 Å². The number of morpholine rings is 1. The van der Waals surface area contributed by atoms with E-state index < -0.39 is 12.3 Å². The molecule has 1 amide bonds. The lowest BCUT2D eigenvalue weighted by Crippen LogP contribution is -2.50. The maximum absolute atomic E-state index is 13.7. The molecule has 0 bridgehead atoms. The number of nitrogens with one attached hydrogen (secondary N) is 1. The third-order valence-corrected chi connectivity index (χ3v) is 5.33. The van der Waals surface area contributed by atoms with Gasteiger partial charge in [-0.25, -0.2) is 18.7 Å². The number of hydrogen-bond acceptors (Lipinski definition) is 8. The molecule has 0 spiro atoms. The summed E-state index contributed by atoms with van der Waals surface area (Å²) in [6, 6.07) is 1.05. The molecule has 0 saturated carbocycles. The van der Waals surface area contributed by atoms with Crippen molar-refractivity contribution in [2.24, 2.45) is 0 Å². The predicted octanol–water partition coefficient (Wildman–Crippen LogP) is 1.67. The van der Waals surface area contributed by atoms with Crippen LogP contribution in [0.4, 0.5) is 20.5 Å². The lowest BCUT2D eigenvalue weighted by atomic mass is 10.1. The smallest absolute Gasteiger partial charge is 0.264 e. The Kier molecular flexibility index (Phi) is 5.46. The third-order valence-electron chi connectivity index (χ3n) is 5.33. The van der Waals surface area contributed by atoms with Crippen molar-refractivity contribution < 1.29 is 18.3 Å². The first-order valence-electron chi connectivity index (χ1n) is 9.79. The maximum Gasteiger partial charge on any atom is 0.264 e. The molecule has 160 valence electrons. The monoisotopic (exact) mass is 419 g/mol. The average molecular weight is 419 g/mol. The van der Waals surface area contributed by atoms with E-state index in [1.807, 2.05) is 18.7 Å². The highest BCUT2D eigenvalue weighted by Crippen LogP contribution is 2.33. The van der Waals surface area contributed by atoms with E-state index in [1.54, 1.807) is 0 Å². The van der Waals surface area contributed by atoms with E-state index in [0.717, 1.165) is 6.07 Å². The number of alkyl halides is 2. The van der Waals surface area contributed by atoms with Crippen LogP contribution in [0.1, 0.15) is 44.0 Å². The number of halogens is 2. The number of pyridine rings is 1. The topological polar surface area (TPSA) is 119 Å². The maximum atomic E-state index is 13.7. The lowest BCUT2D eigenvalue weighted by Gasteiger charge is -2.39. The quantitative estimate of drug-likeness (QED) is 0.768. The van der Waals surface area contributed by atoms with Crippen molar-refractivity contribution in [3.05, 3.63) is 23.7 Å². The minimum atomic E-state index is -2.79. The van der Waals surface area contributed by atoms with Gasteiger partial charge in [0.1, 0.15) is 11.6 Å². The fourth-order valence-corrected chi connectivity index (χ4v) is 3.87. The summed E-state index contributed by atoms with van der Waals surface area (Å²) in [6.07, 6.45) is -1.02. The number of carbonyl (C=O) groups is 1. The Hall–Kier alpha value is -2.95. The molecule has 4 rings (SSSR count). The number of amides is 1. The number of nitrogens with two attached hydrogens (primary N) is 1. The van der Waals surface area contributed by atoms with Crippen molar-refractivity contribution in [2.45, 2.75) is 44.7 Å². The number of aromatic nitrogens is 4. The molecule has 9 nitrogen and oxygen atoms in total. The molecule has 0 radical (unpaired) electrons. The summed E-state index contributed by atoms with van der Waals surface area (Å²) in [7, 11) is 0. The first kappa shape index (κ1) is 20.3. The van der Waals surface area contributed by atoms with E-state index in [0.29, 0.717) is 32.1 Å². The number of nitrogen functional groups attached to an aromatic ring is 1. The first-order chi connectivity index (χ1) is 14.3. The Labute approximate surface area is 172 Å². The van der Waals surface area contributed by atoms with Crippen LogP contribution < -0.4 is 16.0 Å². The van der Waals surface area contributed by atoms with Gasteiger partial charge in [-0.15, -0.1) is 0 Å². The molecule has 3 N–H and O–H groups in total. The van der Waals surface area contributed by atoms with Crippen LogP contribution in [0.5, 0.6) is 0 Å². The van der Waals surface area contributed by atoms with Gasteiger partial charge in [-0.05, 0) is 26.3 Å². The van der Waals surface area contributed by atoms with Crippen molar-refractivity contribution >= 4 is 17.7 Å². The standard InChI is InChI=1S/C19H23F2N7O2/c1-9-7-30-8-10(2)28(9)19-26-16(11-3-4-23-18(11)29)25-17(27-19)13-6-24-14(22)5-12(13)15(20)21/h5-6,9-11,15H,3-4,7-8H2,1-2H3,(H2,22,24)(H,23,29)/t9-,10+,11?. The molecule has 4 heterocycles. The van der Waals surface area contributed by atoms with Gasteiger partial charge in [0.05, 0.1) is 31.2 Å². The summed E-state index contributed by atoms with van der Waals surface area (Å²) in [5.74, 6) is -0.139. The molecule has 2 fully saturated rings. The molecule has 2 saturated heterocycles. The number of ether oxygens (including phenoxy) is 1. The second-order valence-corrected chi connectivity index (χ2v) is 7.59. The number of anilines is 2. The summed E-state index contributed by atoms with van der Waals surface area (Å²) in [5.41, 5.74) is 5.35. The van der Waals surface area contributed by atoms with Crippen molar-refractivity contribution in [3.63, 3.8) is 0 Å². The minimum absolute atomic E-state index is 0.0193. The SMILES string of the molecule is C[C@@H]1COC[C@H](C)N1c1nc(-c2cnc(N)cc2C(F)F)nc(C2CCNC2=O)n1. The van der Waals surface area contributed by atoms with E-state index in [1.165, 1.54) is 6.20 Å². The van der Waals surface area contributed by atoms with E-state index in [4.69, 9.17) is 10.5 Å². The van der Waals surface area contributed by atoms with Crippen molar-refractivity contribution in [3.8, 4) is 11.4 Å².